The van der Waals surface area contributed by atoms with Crippen molar-refractivity contribution in [3.8, 4) is 0 Å². The molecule has 0 spiro atoms. The Balaban J connectivity index is 0. The molecule has 0 N–H and O–H groups in total. The zero-order valence-corrected chi connectivity index (χ0v) is 6.19. The molecular formula is C3H10IN. The van der Waals surface area contributed by atoms with Gasteiger partial charge in [-0.05, 0) is 21.1 Å². The molecule has 0 radical (unpaired) electrons. The van der Waals surface area contributed by atoms with Gasteiger partial charge in [-0.3, -0.25) is 0 Å². The first kappa shape index (κ1) is 9.19. The number of hydrogen-bond acceptors (Lipinski definition) is 1. The molecule has 1 nitrogen and oxygen atoms in total. The fraction of sp³-hybridized carbons (Fsp3) is 1.00. The smallest absolute Gasteiger partial charge is 0.0140 e. The molecule has 0 aliphatic rings. The van der Waals surface area contributed by atoms with Crippen molar-refractivity contribution >= 4 is 24.0 Å². The zero-order chi connectivity index (χ0) is 3.58. The van der Waals surface area contributed by atoms with E-state index in [1.165, 1.54) is 0 Å². The van der Waals surface area contributed by atoms with Crippen molar-refractivity contribution in [1.29, 1.82) is 0 Å². The van der Waals surface area contributed by atoms with Gasteiger partial charge in [0.1, 0.15) is 0 Å². The molecule has 0 aromatic carbocycles. The first-order valence-electron chi connectivity index (χ1n) is 1.34. The van der Waals surface area contributed by atoms with Crippen molar-refractivity contribution in [2.75, 3.05) is 21.1 Å². The highest BCUT2D eigenvalue weighted by Gasteiger charge is 1.58. The lowest BCUT2D eigenvalue weighted by Gasteiger charge is -1.90. The summed E-state index contributed by atoms with van der Waals surface area (Å²) in [6.45, 7) is 0. The van der Waals surface area contributed by atoms with E-state index in [1.807, 2.05) is 26.0 Å². The van der Waals surface area contributed by atoms with Crippen LogP contribution in [0.4, 0.5) is 0 Å². The summed E-state index contributed by atoms with van der Waals surface area (Å²) in [5.74, 6) is 0. The Morgan fingerprint density at radius 1 is 1.00 bits per heavy atom. The molecule has 0 unspecified atom stereocenters. The minimum Gasteiger partial charge on any atom is -0.312 e. The van der Waals surface area contributed by atoms with Gasteiger partial charge in [0.2, 0.25) is 0 Å². The zero-order valence-electron chi connectivity index (χ0n) is 3.86. The van der Waals surface area contributed by atoms with E-state index in [1.54, 1.807) is 0 Å². The van der Waals surface area contributed by atoms with Crippen LogP contribution in [-0.4, -0.2) is 26.0 Å². The lowest BCUT2D eigenvalue weighted by Crippen LogP contribution is -1.99. The highest BCUT2D eigenvalue weighted by Crippen LogP contribution is 1.47. The molecule has 0 bridgehead atoms. The predicted octanol–water partition coefficient (Wildman–Crippen LogP) is 0.796. The van der Waals surface area contributed by atoms with E-state index in [0.717, 1.165) is 0 Å². The van der Waals surface area contributed by atoms with Gasteiger partial charge < -0.3 is 4.90 Å². The summed E-state index contributed by atoms with van der Waals surface area (Å²) in [4.78, 5) is 2.00. The topological polar surface area (TPSA) is 3.24 Å². The minimum atomic E-state index is 0. The normalized spacial score (nSPS) is 7.20. The van der Waals surface area contributed by atoms with Gasteiger partial charge in [-0.2, -0.15) is 0 Å². The van der Waals surface area contributed by atoms with Gasteiger partial charge in [-0.25, -0.2) is 0 Å². The van der Waals surface area contributed by atoms with Crippen molar-refractivity contribution in [2.24, 2.45) is 0 Å². The van der Waals surface area contributed by atoms with Gasteiger partial charge in [0, 0.05) is 0 Å². The molecular weight excluding hydrogens is 177 g/mol. The van der Waals surface area contributed by atoms with Crippen LogP contribution in [0.15, 0.2) is 0 Å². The molecule has 0 saturated carbocycles. The summed E-state index contributed by atoms with van der Waals surface area (Å²) < 4.78 is 0. The van der Waals surface area contributed by atoms with E-state index in [4.69, 9.17) is 0 Å². The monoisotopic (exact) mass is 187 g/mol. The molecule has 34 valence electrons. The predicted molar refractivity (Wildman–Crippen MR) is 35.0 cm³/mol. The number of rotatable bonds is 0. The van der Waals surface area contributed by atoms with E-state index < -0.39 is 0 Å². The van der Waals surface area contributed by atoms with Crippen LogP contribution in [0.5, 0.6) is 0 Å². The highest BCUT2D eigenvalue weighted by atomic mass is 127. The van der Waals surface area contributed by atoms with Gasteiger partial charge >= 0.3 is 0 Å². The quantitative estimate of drug-likeness (QED) is 0.507. The maximum absolute atomic E-state index is 2.00. The van der Waals surface area contributed by atoms with E-state index in [-0.39, 0.29) is 24.0 Å². The summed E-state index contributed by atoms with van der Waals surface area (Å²) >= 11 is 0. The third kappa shape index (κ3) is 71.3. The van der Waals surface area contributed by atoms with Crippen LogP contribution in [0.25, 0.3) is 0 Å². The Morgan fingerprint density at radius 2 is 1.00 bits per heavy atom. The molecule has 0 rings (SSSR count). The van der Waals surface area contributed by atoms with E-state index in [0.29, 0.717) is 0 Å². The summed E-state index contributed by atoms with van der Waals surface area (Å²) in [6, 6.07) is 0. The maximum atomic E-state index is 2.00. The molecule has 0 aromatic heterocycles. The second-order valence-corrected chi connectivity index (χ2v) is 1.34. The van der Waals surface area contributed by atoms with Crippen molar-refractivity contribution in [3.63, 3.8) is 0 Å². The first-order chi connectivity index (χ1) is 1.73. The molecule has 0 heterocycles. The van der Waals surface area contributed by atoms with Crippen LogP contribution in [-0.2, 0) is 0 Å². The molecule has 0 aliphatic carbocycles. The summed E-state index contributed by atoms with van der Waals surface area (Å²) in [6.07, 6.45) is 0. The van der Waals surface area contributed by atoms with E-state index in [9.17, 15) is 0 Å². The van der Waals surface area contributed by atoms with Crippen LogP contribution in [0.3, 0.4) is 0 Å². The van der Waals surface area contributed by atoms with E-state index >= 15 is 0 Å². The summed E-state index contributed by atoms with van der Waals surface area (Å²) in [5, 5.41) is 0. The minimum absolute atomic E-state index is 0. The Labute approximate surface area is 50.4 Å². The van der Waals surface area contributed by atoms with Crippen LogP contribution in [0.2, 0.25) is 0 Å². The third-order valence-corrected chi connectivity index (χ3v) is 0. The standard InChI is InChI=1S/C3H9N.HI/c1-4(2)3;/h1-3H3;1H. The Kier molecular flexibility index (Phi) is 8.62. The van der Waals surface area contributed by atoms with Crippen LogP contribution < -0.4 is 0 Å². The maximum Gasteiger partial charge on any atom is -0.0140 e. The molecule has 0 aromatic rings. The average molecular weight is 187 g/mol. The second-order valence-electron chi connectivity index (χ2n) is 1.34. The fourth-order valence-electron chi connectivity index (χ4n) is 0. The highest BCUT2D eigenvalue weighted by molar-refractivity contribution is 14.0. The molecule has 0 atom stereocenters. The van der Waals surface area contributed by atoms with Crippen molar-refractivity contribution in [2.45, 2.75) is 0 Å². The van der Waals surface area contributed by atoms with Gasteiger partial charge in [-0.15, -0.1) is 24.0 Å². The van der Waals surface area contributed by atoms with Gasteiger partial charge in [0.25, 0.3) is 0 Å². The lowest BCUT2D eigenvalue weighted by molar-refractivity contribution is 0.505. The molecule has 0 amide bonds. The van der Waals surface area contributed by atoms with Crippen molar-refractivity contribution < 1.29 is 0 Å². The number of nitrogens with zero attached hydrogens (tertiary/aromatic N) is 1. The van der Waals surface area contributed by atoms with Gasteiger partial charge in [0.05, 0.1) is 0 Å². The van der Waals surface area contributed by atoms with Gasteiger partial charge in [0.15, 0.2) is 0 Å². The first-order valence-corrected chi connectivity index (χ1v) is 1.34. The molecule has 2 heteroatoms. The van der Waals surface area contributed by atoms with Crippen LogP contribution in [0, 0.1) is 0 Å². The molecule has 0 aliphatic heterocycles. The van der Waals surface area contributed by atoms with Crippen molar-refractivity contribution in [1.82, 2.24) is 4.90 Å². The Hall–Kier alpha value is 0.690. The lowest BCUT2D eigenvalue weighted by atomic mass is 11.0. The molecule has 0 fully saturated rings. The summed E-state index contributed by atoms with van der Waals surface area (Å²) in [7, 11) is 6.00. The number of hydrogen-bond donors (Lipinski definition) is 0. The fourth-order valence-corrected chi connectivity index (χ4v) is 0. The summed E-state index contributed by atoms with van der Waals surface area (Å²) in [5.41, 5.74) is 0. The molecule has 5 heavy (non-hydrogen) atoms. The SMILES string of the molecule is CN(C)C.I. The second kappa shape index (κ2) is 4.69. The third-order valence-electron chi connectivity index (χ3n) is 0. The Bertz CT molecular complexity index is 11.6. The number of halogens is 1. The average Bonchev–Trinajstić information content (AvgIpc) is 0.811. The van der Waals surface area contributed by atoms with Crippen LogP contribution >= 0.6 is 24.0 Å². The van der Waals surface area contributed by atoms with Crippen LogP contribution in [0.1, 0.15) is 0 Å². The Morgan fingerprint density at radius 3 is 1.00 bits per heavy atom. The van der Waals surface area contributed by atoms with Gasteiger partial charge in [-0.1, -0.05) is 0 Å². The molecule has 0 saturated heterocycles. The van der Waals surface area contributed by atoms with E-state index in [2.05, 4.69) is 0 Å². The van der Waals surface area contributed by atoms with Crippen molar-refractivity contribution in [3.05, 3.63) is 0 Å². The largest absolute Gasteiger partial charge is 0.312 e.